The highest BCUT2D eigenvalue weighted by Gasteiger charge is 2.42. The van der Waals surface area contributed by atoms with Crippen LogP contribution in [0.1, 0.15) is 18.5 Å². The molecular weight excluding hydrogens is 321 g/mol. The number of benzene rings is 1. The fourth-order valence-corrected chi connectivity index (χ4v) is 3.42. The first kappa shape index (κ1) is 16.2. The molecule has 124 valence electrons. The minimum absolute atomic E-state index is 0. The molecule has 0 bridgehead atoms. The summed E-state index contributed by atoms with van der Waals surface area (Å²) in [7, 11) is 0. The predicted molar refractivity (Wildman–Crippen MR) is 85.7 cm³/mol. The average Bonchev–Trinajstić information content (AvgIpc) is 3.16. The zero-order valence-corrected chi connectivity index (χ0v) is 13.4. The Morgan fingerprint density at radius 2 is 2.17 bits per heavy atom. The standard InChI is InChI=1S/C16H18FN3O2.ClH/c17-10-3-4-15-11(5-10)14(19-22-15)6-16(21)20-7-12(9-1-2-9)13(18)8-20;/h3-5,9,12-13H,1-2,6-8,18H2;1H. The van der Waals surface area contributed by atoms with Crippen LogP contribution in [0.3, 0.4) is 0 Å². The molecule has 7 heteroatoms. The summed E-state index contributed by atoms with van der Waals surface area (Å²) in [4.78, 5) is 14.3. The van der Waals surface area contributed by atoms with Crippen molar-refractivity contribution >= 4 is 29.3 Å². The van der Waals surface area contributed by atoms with Crippen LogP contribution in [0.25, 0.3) is 11.0 Å². The molecular formula is C16H19ClFN3O2. The summed E-state index contributed by atoms with van der Waals surface area (Å²) < 4.78 is 18.5. The molecule has 1 aliphatic heterocycles. The molecule has 2 unspecified atom stereocenters. The van der Waals surface area contributed by atoms with E-state index in [-0.39, 0.29) is 36.6 Å². The van der Waals surface area contributed by atoms with Gasteiger partial charge in [0.2, 0.25) is 5.91 Å². The van der Waals surface area contributed by atoms with Gasteiger partial charge in [0, 0.05) is 24.5 Å². The number of likely N-dealkylation sites (tertiary alicyclic amines) is 1. The lowest BCUT2D eigenvalue weighted by atomic mass is 9.99. The molecule has 0 spiro atoms. The van der Waals surface area contributed by atoms with Crippen molar-refractivity contribution in [3.8, 4) is 0 Å². The van der Waals surface area contributed by atoms with Gasteiger partial charge in [-0.2, -0.15) is 0 Å². The molecule has 4 rings (SSSR count). The van der Waals surface area contributed by atoms with Crippen LogP contribution >= 0.6 is 12.4 Å². The number of carbonyl (C=O) groups excluding carboxylic acids is 1. The van der Waals surface area contributed by atoms with E-state index in [1.165, 1.54) is 31.0 Å². The van der Waals surface area contributed by atoms with Crippen LogP contribution in [0, 0.1) is 17.7 Å². The van der Waals surface area contributed by atoms with Crippen molar-refractivity contribution in [2.24, 2.45) is 17.6 Å². The number of nitrogens with zero attached hydrogens (tertiary/aromatic N) is 2. The Hall–Kier alpha value is -1.66. The molecule has 2 aliphatic rings. The molecule has 1 aromatic heterocycles. The molecule has 2 fully saturated rings. The number of amides is 1. The molecule has 2 heterocycles. The van der Waals surface area contributed by atoms with E-state index in [0.717, 1.165) is 6.54 Å². The summed E-state index contributed by atoms with van der Waals surface area (Å²) in [6.45, 7) is 1.33. The van der Waals surface area contributed by atoms with Crippen molar-refractivity contribution in [3.05, 3.63) is 29.7 Å². The fraction of sp³-hybridized carbons (Fsp3) is 0.500. The first-order valence-electron chi connectivity index (χ1n) is 7.69. The van der Waals surface area contributed by atoms with E-state index in [2.05, 4.69) is 5.16 Å². The van der Waals surface area contributed by atoms with E-state index in [1.807, 2.05) is 4.90 Å². The van der Waals surface area contributed by atoms with Gasteiger partial charge in [-0.1, -0.05) is 5.16 Å². The first-order valence-corrected chi connectivity index (χ1v) is 7.69. The predicted octanol–water partition coefficient (Wildman–Crippen LogP) is 2.13. The van der Waals surface area contributed by atoms with Crippen molar-refractivity contribution in [2.45, 2.75) is 25.3 Å². The Balaban J connectivity index is 0.00000156. The largest absolute Gasteiger partial charge is 0.356 e. The molecule has 23 heavy (non-hydrogen) atoms. The second-order valence-corrected chi connectivity index (χ2v) is 6.41. The number of carbonyl (C=O) groups is 1. The van der Waals surface area contributed by atoms with Crippen LogP contribution in [-0.2, 0) is 11.2 Å². The monoisotopic (exact) mass is 339 g/mol. The van der Waals surface area contributed by atoms with E-state index in [4.69, 9.17) is 10.3 Å². The van der Waals surface area contributed by atoms with Gasteiger partial charge in [0.05, 0.1) is 6.42 Å². The highest BCUT2D eigenvalue weighted by Crippen LogP contribution is 2.41. The third kappa shape index (κ3) is 3.05. The Bertz CT molecular complexity index is 731. The van der Waals surface area contributed by atoms with Crippen LogP contribution in [-0.4, -0.2) is 35.1 Å². The molecule has 2 atom stereocenters. The van der Waals surface area contributed by atoms with E-state index in [0.29, 0.717) is 35.0 Å². The Morgan fingerprint density at radius 3 is 2.91 bits per heavy atom. The molecule has 1 saturated heterocycles. The Kier molecular flexibility index (Phi) is 4.29. The highest BCUT2D eigenvalue weighted by molar-refractivity contribution is 5.86. The second kappa shape index (κ2) is 6.09. The van der Waals surface area contributed by atoms with E-state index < -0.39 is 0 Å². The van der Waals surface area contributed by atoms with Crippen molar-refractivity contribution in [2.75, 3.05) is 13.1 Å². The van der Waals surface area contributed by atoms with E-state index in [9.17, 15) is 9.18 Å². The third-order valence-electron chi connectivity index (χ3n) is 4.82. The SMILES string of the molecule is Cl.NC1CN(C(=O)Cc2noc3ccc(F)cc23)CC1C1CC1. The maximum Gasteiger partial charge on any atom is 0.228 e. The number of rotatable bonds is 3. The van der Waals surface area contributed by atoms with Gasteiger partial charge < -0.3 is 15.2 Å². The summed E-state index contributed by atoms with van der Waals surface area (Å²) in [5.41, 5.74) is 7.14. The molecule has 1 amide bonds. The second-order valence-electron chi connectivity index (χ2n) is 6.41. The highest BCUT2D eigenvalue weighted by atomic mass is 35.5. The lowest BCUT2D eigenvalue weighted by Gasteiger charge is -2.15. The smallest absolute Gasteiger partial charge is 0.228 e. The summed E-state index contributed by atoms with van der Waals surface area (Å²) in [6.07, 6.45) is 2.59. The first-order chi connectivity index (χ1) is 10.6. The minimum Gasteiger partial charge on any atom is -0.356 e. The van der Waals surface area contributed by atoms with Crippen molar-refractivity contribution in [1.82, 2.24) is 10.1 Å². The number of fused-ring (bicyclic) bond motifs is 1. The van der Waals surface area contributed by atoms with Crippen molar-refractivity contribution < 1.29 is 13.7 Å². The molecule has 0 radical (unpaired) electrons. The summed E-state index contributed by atoms with van der Waals surface area (Å²) in [5.74, 6) is 0.740. The maximum atomic E-state index is 13.3. The number of nitrogens with two attached hydrogens (primary N) is 1. The lowest BCUT2D eigenvalue weighted by molar-refractivity contribution is -0.129. The van der Waals surface area contributed by atoms with Crippen LogP contribution in [0.2, 0.25) is 0 Å². The Labute approximate surface area is 139 Å². The topological polar surface area (TPSA) is 72.4 Å². The zero-order valence-electron chi connectivity index (χ0n) is 12.6. The molecule has 2 N–H and O–H groups in total. The third-order valence-corrected chi connectivity index (χ3v) is 4.82. The van der Waals surface area contributed by atoms with Gasteiger partial charge in [-0.05, 0) is 42.9 Å². The van der Waals surface area contributed by atoms with E-state index in [1.54, 1.807) is 0 Å². The summed E-state index contributed by atoms with van der Waals surface area (Å²) in [5, 5.41) is 4.48. The molecule has 1 aromatic carbocycles. The van der Waals surface area contributed by atoms with Gasteiger partial charge in [0.25, 0.3) is 0 Å². The van der Waals surface area contributed by atoms with Gasteiger partial charge in [0.15, 0.2) is 5.58 Å². The average molecular weight is 340 g/mol. The molecule has 1 aliphatic carbocycles. The Morgan fingerprint density at radius 1 is 1.39 bits per heavy atom. The van der Waals surface area contributed by atoms with Crippen molar-refractivity contribution in [3.63, 3.8) is 0 Å². The van der Waals surface area contributed by atoms with Crippen LogP contribution in [0.15, 0.2) is 22.7 Å². The number of halogens is 2. The van der Waals surface area contributed by atoms with Crippen LogP contribution in [0.5, 0.6) is 0 Å². The minimum atomic E-state index is -0.360. The van der Waals surface area contributed by atoms with Crippen LogP contribution < -0.4 is 5.73 Å². The normalized spacial score (nSPS) is 24.0. The van der Waals surface area contributed by atoms with E-state index >= 15 is 0 Å². The lowest BCUT2D eigenvalue weighted by Crippen LogP contribution is -2.33. The quantitative estimate of drug-likeness (QED) is 0.929. The summed E-state index contributed by atoms with van der Waals surface area (Å²) >= 11 is 0. The van der Waals surface area contributed by atoms with Gasteiger partial charge in [-0.25, -0.2) is 4.39 Å². The van der Waals surface area contributed by atoms with Gasteiger partial charge in [-0.15, -0.1) is 12.4 Å². The van der Waals surface area contributed by atoms with Crippen LogP contribution in [0.4, 0.5) is 4.39 Å². The van der Waals surface area contributed by atoms with Gasteiger partial charge >= 0.3 is 0 Å². The molecule has 5 nitrogen and oxygen atoms in total. The fourth-order valence-electron chi connectivity index (χ4n) is 3.42. The van der Waals surface area contributed by atoms with Crippen molar-refractivity contribution in [1.29, 1.82) is 0 Å². The van der Waals surface area contributed by atoms with Gasteiger partial charge in [-0.3, -0.25) is 4.79 Å². The zero-order chi connectivity index (χ0) is 15.3. The number of hydrogen-bond acceptors (Lipinski definition) is 4. The summed E-state index contributed by atoms with van der Waals surface area (Å²) in [6, 6.07) is 4.28. The molecule has 2 aromatic rings. The number of aromatic nitrogens is 1. The number of hydrogen-bond donors (Lipinski definition) is 1. The van der Waals surface area contributed by atoms with Gasteiger partial charge in [0.1, 0.15) is 11.5 Å². The maximum absolute atomic E-state index is 13.3. The molecule has 1 saturated carbocycles.